The van der Waals surface area contributed by atoms with E-state index in [0.717, 1.165) is 23.1 Å². The number of nitrogens with zero attached hydrogens (tertiary/aromatic N) is 1. The molecule has 82 valence electrons. The van der Waals surface area contributed by atoms with Crippen molar-refractivity contribution in [3.8, 4) is 0 Å². The third kappa shape index (κ3) is 3.44. The maximum absolute atomic E-state index is 5.94. The molecule has 1 aromatic rings. The number of aryl methyl sites for hydroxylation is 1. The van der Waals surface area contributed by atoms with Crippen LogP contribution in [0.3, 0.4) is 0 Å². The Morgan fingerprint density at radius 3 is 2.73 bits per heavy atom. The molecule has 0 unspecified atom stereocenters. The summed E-state index contributed by atoms with van der Waals surface area (Å²) >= 11 is 5.94. The van der Waals surface area contributed by atoms with Crippen molar-refractivity contribution in [2.45, 2.75) is 13.5 Å². The lowest BCUT2D eigenvalue weighted by Crippen LogP contribution is -2.34. The van der Waals surface area contributed by atoms with Crippen molar-refractivity contribution >= 4 is 17.6 Å². The van der Waals surface area contributed by atoms with Crippen molar-refractivity contribution in [1.82, 2.24) is 10.6 Å². The molecule has 0 aliphatic carbocycles. The Hall–Kier alpha value is -1.22. The molecule has 0 atom stereocenters. The maximum Gasteiger partial charge on any atom is 0.190 e. The van der Waals surface area contributed by atoms with E-state index in [9.17, 15) is 0 Å². The van der Waals surface area contributed by atoms with E-state index in [-0.39, 0.29) is 0 Å². The summed E-state index contributed by atoms with van der Waals surface area (Å²) in [7, 11) is 3.58. The van der Waals surface area contributed by atoms with E-state index in [1.54, 1.807) is 7.05 Å². The predicted octanol–water partition coefficient (Wildman–Crippen LogP) is 1.94. The van der Waals surface area contributed by atoms with E-state index in [4.69, 9.17) is 11.6 Å². The molecule has 0 bridgehead atoms. The molecular weight excluding hydrogens is 210 g/mol. The van der Waals surface area contributed by atoms with Crippen LogP contribution >= 0.6 is 11.6 Å². The Bertz CT molecular complexity index is 361. The van der Waals surface area contributed by atoms with Crippen LogP contribution in [0, 0.1) is 6.92 Å². The fraction of sp³-hybridized carbons (Fsp3) is 0.364. The fourth-order valence-electron chi connectivity index (χ4n) is 1.28. The molecule has 2 N–H and O–H groups in total. The Morgan fingerprint density at radius 2 is 2.20 bits per heavy atom. The van der Waals surface area contributed by atoms with Crippen LogP contribution in [0.5, 0.6) is 0 Å². The van der Waals surface area contributed by atoms with Crippen LogP contribution in [-0.2, 0) is 6.54 Å². The number of hydrogen-bond donors (Lipinski definition) is 2. The highest BCUT2D eigenvalue weighted by Crippen LogP contribution is 2.15. The summed E-state index contributed by atoms with van der Waals surface area (Å²) in [5.74, 6) is 0.780. The number of nitrogens with one attached hydrogen (secondary N) is 2. The highest BCUT2D eigenvalue weighted by Gasteiger charge is 1.98. The third-order valence-electron chi connectivity index (χ3n) is 2.14. The molecule has 0 radical (unpaired) electrons. The summed E-state index contributed by atoms with van der Waals surface area (Å²) in [4.78, 5) is 4.03. The quantitative estimate of drug-likeness (QED) is 0.596. The van der Waals surface area contributed by atoms with Gasteiger partial charge in [-0.2, -0.15) is 0 Å². The number of rotatable bonds is 2. The first-order valence-electron chi connectivity index (χ1n) is 4.80. The van der Waals surface area contributed by atoms with Gasteiger partial charge in [0.25, 0.3) is 0 Å². The minimum absolute atomic E-state index is 0.742. The fourth-order valence-corrected chi connectivity index (χ4v) is 1.40. The average Bonchev–Trinajstić information content (AvgIpc) is 2.24. The lowest BCUT2D eigenvalue weighted by Gasteiger charge is -2.09. The molecule has 3 nitrogen and oxygen atoms in total. The van der Waals surface area contributed by atoms with Gasteiger partial charge in [0, 0.05) is 25.7 Å². The van der Waals surface area contributed by atoms with Gasteiger partial charge in [-0.3, -0.25) is 4.99 Å². The smallest absolute Gasteiger partial charge is 0.190 e. The van der Waals surface area contributed by atoms with E-state index in [0.29, 0.717) is 0 Å². The van der Waals surface area contributed by atoms with Crippen LogP contribution in [0.15, 0.2) is 23.2 Å². The monoisotopic (exact) mass is 225 g/mol. The van der Waals surface area contributed by atoms with Gasteiger partial charge >= 0.3 is 0 Å². The normalized spacial score (nSPS) is 11.3. The molecule has 4 heteroatoms. The Balaban J connectivity index is 2.62. The number of aliphatic imine (C=N–C) groups is 1. The van der Waals surface area contributed by atoms with Crippen molar-refractivity contribution in [3.63, 3.8) is 0 Å². The molecule has 1 rings (SSSR count). The zero-order chi connectivity index (χ0) is 11.3. The first-order valence-corrected chi connectivity index (χ1v) is 5.18. The molecule has 15 heavy (non-hydrogen) atoms. The van der Waals surface area contributed by atoms with Gasteiger partial charge in [-0.25, -0.2) is 0 Å². The number of guanidine groups is 1. The number of halogens is 1. The molecule has 0 aliphatic heterocycles. The minimum Gasteiger partial charge on any atom is -0.359 e. The predicted molar refractivity (Wildman–Crippen MR) is 65.4 cm³/mol. The Kier molecular flexibility index (Phi) is 4.43. The molecule has 0 spiro atoms. The van der Waals surface area contributed by atoms with Gasteiger partial charge in [-0.05, 0) is 24.1 Å². The van der Waals surface area contributed by atoms with Crippen molar-refractivity contribution in [3.05, 3.63) is 34.3 Å². The lowest BCUT2D eigenvalue weighted by atomic mass is 10.1. The summed E-state index contributed by atoms with van der Waals surface area (Å²) in [6.07, 6.45) is 0. The molecule has 1 aromatic carbocycles. The molecule has 0 fully saturated rings. The van der Waals surface area contributed by atoms with Gasteiger partial charge in [0.2, 0.25) is 0 Å². The van der Waals surface area contributed by atoms with Gasteiger partial charge in [0.15, 0.2) is 5.96 Å². The Labute approximate surface area is 95.6 Å². The first kappa shape index (κ1) is 11.9. The standard InChI is InChI=1S/C11H16ClN3/c1-8-6-9(4-5-10(8)12)7-15-11(13-2)14-3/h4-6H,7H2,1-3H3,(H2,13,14,15). The van der Waals surface area contributed by atoms with Crippen molar-refractivity contribution < 1.29 is 0 Å². The topological polar surface area (TPSA) is 36.4 Å². The van der Waals surface area contributed by atoms with Crippen LogP contribution < -0.4 is 10.6 Å². The lowest BCUT2D eigenvalue weighted by molar-refractivity contribution is 0.865. The van der Waals surface area contributed by atoms with Crippen LogP contribution in [-0.4, -0.2) is 20.1 Å². The second-order valence-corrected chi connectivity index (χ2v) is 3.67. The molecule has 0 heterocycles. The van der Waals surface area contributed by atoms with Crippen molar-refractivity contribution in [2.24, 2.45) is 4.99 Å². The second-order valence-electron chi connectivity index (χ2n) is 3.26. The van der Waals surface area contributed by atoms with Crippen molar-refractivity contribution in [1.29, 1.82) is 0 Å². The molecule has 0 saturated carbocycles. The maximum atomic E-state index is 5.94. The summed E-state index contributed by atoms with van der Waals surface area (Å²) < 4.78 is 0. The van der Waals surface area contributed by atoms with Crippen LogP contribution in [0.1, 0.15) is 11.1 Å². The van der Waals surface area contributed by atoms with Gasteiger partial charge in [0.1, 0.15) is 0 Å². The summed E-state index contributed by atoms with van der Waals surface area (Å²) in [6.45, 7) is 2.74. The molecule has 0 amide bonds. The van der Waals surface area contributed by atoms with E-state index >= 15 is 0 Å². The SMILES string of the molecule is CN=C(NC)NCc1ccc(Cl)c(C)c1. The number of hydrogen-bond acceptors (Lipinski definition) is 1. The van der Waals surface area contributed by atoms with Crippen LogP contribution in [0.2, 0.25) is 5.02 Å². The van der Waals surface area contributed by atoms with E-state index < -0.39 is 0 Å². The van der Waals surface area contributed by atoms with Crippen LogP contribution in [0.25, 0.3) is 0 Å². The zero-order valence-corrected chi connectivity index (χ0v) is 10.0. The minimum atomic E-state index is 0.742. The first-order chi connectivity index (χ1) is 7.17. The summed E-state index contributed by atoms with van der Waals surface area (Å²) in [5, 5.41) is 6.94. The second kappa shape index (κ2) is 5.61. The largest absolute Gasteiger partial charge is 0.359 e. The molecular formula is C11H16ClN3. The van der Waals surface area contributed by atoms with E-state index in [1.165, 1.54) is 5.56 Å². The summed E-state index contributed by atoms with van der Waals surface area (Å²) in [5.41, 5.74) is 2.28. The van der Waals surface area contributed by atoms with Gasteiger partial charge < -0.3 is 10.6 Å². The van der Waals surface area contributed by atoms with E-state index in [2.05, 4.69) is 21.7 Å². The van der Waals surface area contributed by atoms with Gasteiger partial charge in [-0.1, -0.05) is 23.7 Å². The van der Waals surface area contributed by atoms with Gasteiger partial charge in [-0.15, -0.1) is 0 Å². The molecule has 0 saturated heterocycles. The van der Waals surface area contributed by atoms with Crippen molar-refractivity contribution in [2.75, 3.05) is 14.1 Å². The highest BCUT2D eigenvalue weighted by atomic mass is 35.5. The third-order valence-corrected chi connectivity index (χ3v) is 2.57. The zero-order valence-electron chi connectivity index (χ0n) is 9.26. The number of benzene rings is 1. The van der Waals surface area contributed by atoms with Gasteiger partial charge in [0.05, 0.1) is 0 Å². The summed E-state index contributed by atoms with van der Waals surface area (Å²) in [6, 6.07) is 5.99. The Morgan fingerprint density at radius 1 is 1.47 bits per heavy atom. The molecule has 0 aromatic heterocycles. The highest BCUT2D eigenvalue weighted by molar-refractivity contribution is 6.31. The molecule has 0 aliphatic rings. The average molecular weight is 226 g/mol. The van der Waals surface area contributed by atoms with E-state index in [1.807, 2.05) is 26.1 Å². The van der Waals surface area contributed by atoms with Crippen LogP contribution in [0.4, 0.5) is 0 Å².